The Bertz CT molecular complexity index is 688. The summed E-state index contributed by atoms with van der Waals surface area (Å²) in [5, 5.41) is 3.92. The topological polar surface area (TPSA) is 63.9 Å². The van der Waals surface area contributed by atoms with E-state index in [1.807, 2.05) is 11.8 Å². The largest absolute Gasteiger partial charge is 0.334 e. The summed E-state index contributed by atoms with van der Waals surface area (Å²) in [6.07, 6.45) is 0.850. The number of nitrogens with zero attached hydrogens (tertiary/aromatic N) is 5. The summed E-state index contributed by atoms with van der Waals surface area (Å²) >= 11 is 1.17. The van der Waals surface area contributed by atoms with Gasteiger partial charge >= 0.3 is 0 Å². The van der Waals surface area contributed by atoms with Crippen LogP contribution in [0.1, 0.15) is 52.3 Å². The van der Waals surface area contributed by atoms with Crippen molar-refractivity contribution >= 4 is 17.4 Å². The van der Waals surface area contributed by atoms with Gasteiger partial charge in [-0.05, 0) is 18.5 Å². The van der Waals surface area contributed by atoms with E-state index in [1.165, 1.54) is 17.2 Å². The first-order valence-electron chi connectivity index (χ1n) is 7.11. The number of hydrogen-bond donors (Lipinski definition) is 0. The molecule has 1 aliphatic heterocycles. The second-order valence-corrected chi connectivity index (χ2v) is 6.50. The highest BCUT2D eigenvalue weighted by atomic mass is 32.1. The Balaban J connectivity index is 1.86. The molecule has 3 heterocycles. The van der Waals surface area contributed by atoms with Crippen molar-refractivity contribution < 1.29 is 4.79 Å². The molecule has 0 aliphatic carbocycles. The first kappa shape index (κ1) is 14.2. The van der Waals surface area contributed by atoms with Crippen LogP contribution in [-0.4, -0.2) is 36.5 Å². The molecule has 0 saturated carbocycles. The molecule has 0 spiro atoms. The SMILES string of the molecule is Cc1nnsc1C(=O)N1CCc2c(nc(C(C)C)n2C)C1. The van der Waals surface area contributed by atoms with Crippen LogP contribution in [0.15, 0.2) is 0 Å². The van der Waals surface area contributed by atoms with Gasteiger partial charge in [-0.3, -0.25) is 4.79 Å². The van der Waals surface area contributed by atoms with Crippen molar-refractivity contribution in [1.82, 2.24) is 24.0 Å². The summed E-state index contributed by atoms with van der Waals surface area (Å²) in [6, 6.07) is 0. The quantitative estimate of drug-likeness (QED) is 0.850. The fourth-order valence-corrected chi connectivity index (χ4v) is 3.44. The van der Waals surface area contributed by atoms with Crippen LogP contribution in [0.4, 0.5) is 0 Å². The highest BCUT2D eigenvalue weighted by molar-refractivity contribution is 7.07. The Kier molecular flexibility index (Phi) is 3.52. The van der Waals surface area contributed by atoms with Crippen molar-refractivity contribution in [2.24, 2.45) is 7.05 Å². The van der Waals surface area contributed by atoms with E-state index in [1.54, 1.807) is 0 Å². The van der Waals surface area contributed by atoms with Crippen molar-refractivity contribution in [1.29, 1.82) is 0 Å². The number of carbonyl (C=O) groups excluding carboxylic acids is 1. The highest BCUT2D eigenvalue weighted by Gasteiger charge is 2.28. The standard InChI is InChI=1S/C14H19N5OS/c1-8(2)13-15-10-7-19(6-5-11(10)18(13)4)14(20)12-9(3)16-17-21-12/h8H,5-7H2,1-4H3. The molecule has 2 aromatic heterocycles. The van der Waals surface area contributed by atoms with Crippen molar-refractivity contribution in [2.75, 3.05) is 6.54 Å². The van der Waals surface area contributed by atoms with Crippen LogP contribution < -0.4 is 0 Å². The number of aryl methyl sites for hydroxylation is 1. The molecule has 0 radical (unpaired) electrons. The molecule has 3 rings (SSSR count). The number of fused-ring (bicyclic) bond motifs is 1. The van der Waals surface area contributed by atoms with E-state index in [4.69, 9.17) is 4.98 Å². The molecule has 0 bridgehead atoms. The molecule has 0 aromatic carbocycles. The average Bonchev–Trinajstić information content (AvgIpc) is 3.02. The maximum absolute atomic E-state index is 12.5. The van der Waals surface area contributed by atoms with Crippen LogP contribution in [0.25, 0.3) is 0 Å². The number of carbonyl (C=O) groups is 1. The summed E-state index contributed by atoms with van der Waals surface area (Å²) in [6.45, 7) is 7.40. The molecule has 21 heavy (non-hydrogen) atoms. The Labute approximate surface area is 128 Å². The lowest BCUT2D eigenvalue weighted by Gasteiger charge is -2.26. The lowest BCUT2D eigenvalue weighted by molar-refractivity contribution is 0.0735. The van der Waals surface area contributed by atoms with Gasteiger partial charge in [0.15, 0.2) is 0 Å². The molecular weight excluding hydrogens is 286 g/mol. The summed E-state index contributed by atoms with van der Waals surface area (Å²) < 4.78 is 6.03. The van der Waals surface area contributed by atoms with Crippen LogP contribution in [0.2, 0.25) is 0 Å². The molecule has 6 nitrogen and oxygen atoms in total. The number of rotatable bonds is 2. The molecule has 0 fully saturated rings. The van der Waals surface area contributed by atoms with E-state index in [9.17, 15) is 4.79 Å². The molecule has 7 heteroatoms. The van der Waals surface area contributed by atoms with Gasteiger partial charge in [0.05, 0.1) is 17.9 Å². The minimum atomic E-state index is 0.0184. The molecule has 0 atom stereocenters. The van der Waals surface area contributed by atoms with Crippen molar-refractivity contribution in [3.8, 4) is 0 Å². The predicted molar refractivity (Wildman–Crippen MR) is 80.4 cm³/mol. The Morgan fingerprint density at radius 1 is 1.38 bits per heavy atom. The molecule has 1 amide bonds. The van der Waals surface area contributed by atoms with Crippen molar-refractivity contribution in [3.05, 3.63) is 27.8 Å². The second kappa shape index (κ2) is 5.22. The van der Waals surface area contributed by atoms with E-state index in [0.717, 1.165) is 24.5 Å². The summed E-state index contributed by atoms with van der Waals surface area (Å²) in [5.74, 6) is 1.49. The molecule has 0 unspecified atom stereocenters. The normalized spacial score (nSPS) is 14.6. The molecule has 0 saturated heterocycles. The zero-order chi connectivity index (χ0) is 15.1. The first-order valence-corrected chi connectivity index (χ1v) is 7.89. The maximum atomic E-state index is 12.5. The van der Waals surface area contributed by atoms with Crippen LogP contribution in [0, 0.1) is 6.92 Å². The predicted octanol–water partition coefficient (Wildman–Crippen LogP) is 1.90. The maximum Gasteiger partial charge on any atom is 0.267 e. The van der Waals surface area contributed by atoms with Gasteiger partial charge in [-0.1, -0.05) is 18.3 Å². The Morgan fingerprint density at radius 3 is 2.76 bits per heavy atom. The monoisotopic (exact) mass is 305 g/mol. The third kappa shape index (κ3) is 2.35. The van der Waals surface area contributed by atoms with E-state index < -0.39 is 0 Å². The molecule has 1 aliphatic rings. The smallest absolute Gasteiger partial charge is 0.267 e. The van der Waals surface area contributed by atoms with Crippen LogP contribution in [0.5, 0.6) is 0 Å². The van der Waals surface area contributed by atoms with E-state index in [0.29, 0.717) is 23.0 Å². The van der Waals surface area contributed by atoms with Crippen molar-refractivity contribution in [2.45, 2.75) is 39.7 Å². The van der Waals surface area contributed by atoms with Gasteiger partial charge in [0, 0.05) is 31.6 Å². The van der Waals surface area contributed by atoms with Gasteiger partial charge in [0.25, 0.3) is 5.91 Å². The summed E-state index contributed by atoms with van der Waals surface area (Å²) in [7, 11) is 2.07. The minimum absolute atomic E-state index is 0.0184. The number of aromatic nitrogens is 4. The molecule has 2 aromatic rings. The van der Waals surface area contributed by atoms with E-state index in [-0.39, 0.29) is 5.91 Å². The third-order valence-corrected chi connectivity index (χ3v) is 4.76. The van der Waals surface area contributed by atoms with Crippen LogP contribution in [0.3, 0.4) is 0 Å². The number of imidazole rings is 1. The number of amides is 1. The van der Waals surface area contributed by atoms with Gasteiger partial charge in [-0.25, -0.2) is 4.98 Å². The Morgan fingerprint density at radius 2 is 2.14 bits per heavy atom. The summed E-state index contributed by atoms with van der Waals surface area (Å²) in [4.78, 5) is 19.8. The van der Waals surface area contributed by atoms with E-state index >= 15 is 0 Å². The van der Waals surface area contributed by atoms with Gasteiger partial charge in [-0.2, -0.15) is 0 Å². The fraction of sp³-hybridized carbons (Fsp3) is 0.571. The number of hydrogen-bond acceptors (Lipinski definition) is 5. The van der Waals surface area contributed by atoms with E-state index in [2.05, 4.69) is 35.0 Å². The van der Waals surface area contributed by atoms with Crippen LogP contribution >= 0.6 is 11.5 Å². The highest BCUT2D eigenvalue weighted by Crippen LogP contribution is 2.25. The van der Waals surface area contributed by atoms with Crippen LogP contribution in [-0.2, 0) is 20.0 Å². The first-order chi connectivity index (χ1) is 9.99. The zero-order valence-electron chi connectivity index (χ0n) is 12.8. The average molecular weight is 305 g/mol. The van der Waals surface area contributed by atoms with Gasteiger partial charge in [0.1, 0.15) is 10.7 Å². The van der Waals surface area contributed by atoms with Crippen molar-refractivity contribution in [3.63, 3.8) is 0 Å². The zero-order valence-corrected chi connectivity index (χ0v) is 13.6. The summed E-state index contributed by atoms with van der Waals surface area (Å²) in [5.41, 5.74) is 2.98. The van der Waals surface area contributed by atoms with Gasteiger partial charge in [0.2, 0.25) is 0 Å². The Hall–Kier alpha value is -1.76. The molecule has 0 N–H and O–H groups in total. The third-order valence-electron chi connectivity index (χ3n) is 3.94. The minimum Gasteiger partial charge on any atom is -0.334 e. The lowest BCUT2D eigenvalue weighted by atomic mass is 10.1. The van der Waals surface area contributed by atoms with Gasteiger partial charge < -0.3 is 9.47 Å². The second-order valence-electron chi connectivity index (χ2n) is 5.74. The lowest BCUT2D eigenvalue weighted by Crippen LogP contribution is -2.36. The molecule has 112 valence electrons. The van der Waals surface area contributed by atoms with Gasteiger partial charge in [-0.15, -0.1) is 5.10 Å². The molecular formula is C14H19N5OS. The fourth-order valence-electron chi connectivity index (χ4n) is 2.81.